The number of hydrogen-bond acceptors (Lipinski definition) is 4. The first-order valence-corrected chi connectivity index (χ1v) is 9.28. The Morgan fingerprint density at radius 2 is 1.90 bits per heavy atom. The Morgan fingerprint density at radius 3 is 2.43 bits per heavy atom. The van der Waals surface area contributed by atoms with Crippen molar-refractivity contribution in [1.82, 2.24) is 4.90 Å². The Balaban J connectivity index is 2.09. The van der Waals surface area contributed by atoms with Gasteiger partial charge in [-0.25, -0.2) is 8.42 Å². The highest BCUT2D eigenvalue weighted by atomic mass is 35.5. The van der Waals surface area contributed by atoms with Crippen LogP contribution >= 0.6 is 11.6 Å². The van der Waals surface area contributed by atoms with Crippen LogP contribution < -0.4 is 9.62 Å². The average Bonchev–Trinajstić information content (AvgIpc) is 2.49. The predicted octanol–water partition coefficient (Wildman–Crippen LogP) is 2.07. The maximum absolute atomic E-state index is 11.5. The molecule has 1 aliphatic rings. The summed E-state index contributed by atoms with van der Waals surface area (Å²) in [5.74, 6) is 0. The molecule has 0 amide bonds. The summed E-state index contributed by atoms with van der Waals surface area (Å²) in [7, 11) is -3.45. The van der Waals surface area contributed by atoms with Crippen molar-refractivity contribution in [2.24, 2.45) is 0 Å². The molecule has 118 valence electrons. The van der Waals surface area contributed by atoms with E-state index in [0.717, 1.165) is 44.0 Å². The SMILES string of the molecule is CCN1CCN(c2ccc(NS(=O)(=O)CCl)c(C)c2)CC1. The van der Waals surface area contributed by atoms with Gasteiger partial charge in [-0.1, -0.05) is 6.92 Å². The van der Waals surface area contributed by atoms with E-state index in [4.69, 9.17) is 11.6 Å². The van der Waals surface area contributed by atoms with Gasteiger partial charge in [-0.05, 0) is 37.2 Å². The number of halogens is 1. The number of piperazine rings is 1. The molecule has 7 heteroatoms. The van der Waals surface area contributed by atoms with Crippen molar-refractivity contribution in [2.45, 2.75) is 13.8 Å². The summed E-state index contributed by atoms with van der Waals surface area (Å²) in [6, 6.07) is 5.79. The molecule has 21 heavy (non-hydrogen) atoms. The third kappa shape index (κ3) is 4.25. The number of rotatable bonds is 5. The maximum atomic E-state index is 11.5. The Hall–Kier alpha value is -0.980. The minimum Gasteiger partial charge on any atom is -0.369 e. The van der Waals surface area contributed by atoms with Crippen molar-refractivity contribution in [2.75, 3.05) is 47.6 Å². The first-order valence-electron chi connectivity index (χ1n) is 7.09. The molecule has 2 rings (SSSR count). The largest absolute Gasteiger partial charge is 0.369 e. The minimum absolute atomic E-state index is 0.437. The lowest BCUT2D eigenvalue weighted by Gasteiger charge is -2.35. The second-order valence-electron chi connectivity index (χ2n) is 5.25. The van der Waals surface area contributed by atoms with Crippen molar-refractivity contribution >= 4 is 33.0 Å². The first-order chi connectivity index (χ1) is 9.95. The van der Waals surface area contributed by atoms with Gasteiger partial charge in [0.2, 0.25) is 10.0 Å². The van der Waals surface area contributed by atoms with E-state index < -0.39 is 15.2 Å². The van der Waals surface area contributed by atoms with Crippen LogP contribution in [-0.4, -0.2) is 51.3 Å². The van der Waals surface area contributed by atoms with E-state index in [1.807, 2.05) is 19.1 Å². The van der Waals surface area contributed by atoms with Gasteiger partial charge >= 0.3 is 0 Å². The number of hydrogen-bond donors (Lipinski definition) is 1. The number of likely N-dealkylation sites (N-methyl/N-ethyl adjacent to an activating group) is 1. The number of nitrogens with one attached hydrogen (secondary N) is 1. The van der Waals surface area contributed by atoms with Crippen LogP contribution in [0.1, 0.15) is 12.5 Å². The van der Waals surface area contributed by atoms with Crippen molar-refractivity contribution < 1.29 is 8.42 Å². The third-order valence-corrected chi connectivity index (χ3v) is 5.48. The molecular formula is C14H22ClN3O2S. The number of benzene rings is 1. The van der Waals surface area contributed by atoms with Gasteiger partial charge in [0.25, 0.3) is 0 Å². The standard InChI is InChI=1S/C14H22ClN3O2S/c1-3-17-6-8-18(9-7-17)13-4-5-14(12(2)10-13)16-21(19,20)11-15/h4-5,10,16H,3,6-9,11H2,1-2H3. The van der Waals surface area contributed by atoms with E-state index in [1.165, 1.54) is 0 Å². The van der Waals surface area contributed by atoms with Gasteiger partial charge in [-0.3, -0.25) is 4.72 Å². The van der Waals surface area contributed by atoms with Crippen LogP contribution in [-0.2, 0) is 10.0 Å². The lowest BCUT2D eigenvalue weighted by atomic mass is 10.1. The van der Waals surface area contributed by atoms with Crippen LogP contribution in [0, 0.1) is 6.92 Å². The normalized spacial score (nSPS) is 17.0. The van der Waals surface area contributed by atoms with E-state index >= 15 is 0 Å². The van der Waals surface area contributed by atoms with Gasteiger partial charge in [0, 0.05) is 31.9 Å². The summed E-state index contributed by atoms with van der Waals surface area (Å²) in [5, 5.41) is -0.437. The van der Waals surface area contributed by atoms with Crippen LogP contribution in [0.4, 0.5) is 11.4 Å². The molecule has 1 aromatic rings. The Bertz CT molecular complexity index is 584. The molecule has 1 aromatic carbocycles. The predicted molar refractivity (Wildman–Crippen MR) is 88.8 cm³/mol. The van der Waals surface area contributed by atoms with E-state index in [1.54, 1.807) is 6.07 Å². The third-order valence-electron chi connectivity index (χ3n) is 3.80. The zero-order chi connectivity index (χ0) is 15.5. The maximum Gasteiger partial charge on any atom is 0.246 e. The van der Waals surface area contributed by atoms with Crippen molar-refractivity contribution in [3.05, 3.63) is 23.8 Å². The fraction of sp³-hybridized carbons (Fsp3) is 0.571. The molecule has 0 aromatic heterocycles. The first kappa shape index (κ1) is 16.4. The van der Waals surface area contributed by atoms with Gasteiger partial charge in [0.15, 0.2) is 0 Å². The van der Waals surface area contributed by atoms with Crippen LogP contribution in [0.15, 0.2) is 18.2 Å². The molecule has 0 unspecified atom stereocenters. The highest BCUT2D eigenvalue weighted by molar-refractivity contribution is 7.93. The molecule has 0 bridgehead atoms. The summed E-state index contributed by atoms with van der Waals surface area (Å²) in [4.78, 5) is 4.76. The van der Waals surface area contributed by atoms with Gasteiger partial charge in [-0.2, -0.15) is 0 Å². The number of anilines is 2. The van der Waals surface area contributed by atoms with E-state index in [2.05, 4.69) is 21.4 Å². The van der Waals surface area contributed by atoms with Crippen molar-refractivity contribution in [3.63, 3.8) is 0 Å². The molecule has 1 saturated heterocycles. The Kier molecular flexibility index (Phi) is 5.35. The number of nitrogens with zero attached hydrogens (tertiary/aromatic N) is 2. The van der Waals surface area contributed by atoms with Gasteiger partial charge in [0.05, 0.1) is 5.69 Å². The topological polar surface area (TPSA) is 52.6 Å². The molecule has 0 spiro atoms. The highest BCUT2D eigenvalue weighted by Gasteiger charge is 2.17. The quantitative estimate of drug-likeness (QED) is 0.839. The van der Waals surface area contributed by atoms with Crippen LogP contribution in [0.2, 0.25) is 0 Å². The molecule has 0 atom stereocenters. The summed E-state index contributed by atoms with van der Waals surface area (Å²) >= 11 is 5.41. The van der Waals surface area contributed by atoms with Crippen LogP contribution in [0.3, 0.4) is 0 Å². The molecule has 5 nitrogen and oxygen atoms in total. The van der Waals surface area contributed by atoms with Crippen LogP contribution in [0.25, 0.3) is 0 Å². The van der Waals surface area contributed by atoms with E-state index in [9.17, 15) is 8.42 Å². The van der Waals surface area contributed by atoms with Gasteiger partial charge < -0.3 is 9.80 Å². The molecule has 0 saturated carbocycles. The fourth-order valence-corrected chi connectivity index (χ4v) is 3.26. The molecule has 1 aliphatic heterocycles. The second kappa shape index (κ2) is 6.85. The summed E-state index contributed by atoms with van der Waals surface area (Å²) in [6.45, 7) is 9.30. The summed E-state index contributed by atoms with van der Waals surface area (Å²) in [6.07, 6.45) is 0. The fourth-order valence-electron chi connectivity index (χ4n) is 2.48. The lowest BCUT2D eigenvalue weighted by molar-refractivity contribution is 0.271. The molecule has 1 N–H and O–H groups in total. The van der Waals surface area contributed by atoms with E-state index in [0.29, 0.717) is 5.69 Å². The minimum atomic E-state index is -3.45. The highest BCUT2D eigenvalue weighted by Crippen LogP contribution is 2.24. The Labute approximate surface area is 131 Å². The second-order valence-corrected chi connectivity index (χ2v) is 7.55. The van der Waals surface area contributed by atoms with Crippen molar-refractivity contribution in [3.8, 4) is 0 Å². The molecule has 0 aliphatic carbocycles. The molecule has 0 radical (unpaired) electrons. The van der Waals surface area contributed by atoms with E-state index in [-0.39, 0.29) is 0 Å². The average molecular weight is 332 g/mol. The van der Waals surface area contributed by atoms with Crippen LogP contribution in [0.5, 0.6) is 0 Å². The monoisotopic (exact) mass is 331 g/mol. The zero-order valence-corrected chi connectivity index (χ0v) is 14.0. The summed E-state index contributed by atoms with van der Waals surface area (Å²) < 4.78 is 25.5. The van der Waals surface area contributed by atoms with Gasteiger partial charge in [0.1, 0.15) is 5.21 Å². The lowest BCUT2D eigenvalue weighted by Crippen LogP contribution is -2.46. The number of sulfonamides is 1. The number of aryl methyl sites for hydroxylation is 1. The number of alkyl halides is 1. The van der Waals surface area contributed by atoms with Gasteiger partial charge in [-0.15, -0.1) is 11.6 Å². The Morgan fingerprint density at radius 1 is 1.24 bits per heavy atom. The zero-order valence-electron chi connectivity index (χ0n) is 12.5. The molecular weight excluding hydrogens is 310 g/mol. The molecule has 1 fully saturated rings. The molecule has 1 heterocycles. The van der Waals surface area contributed by atoms with Crippen molar-refractivity contribution in [1.29, 1.82) is 0 Å². The smallest absolute Gasteiger partial charge is 0.246 e. The summed E-state index contributed by atoms with van der Waals surface area (Å²) in [5.41, 5.74) is 2.63.